The molecular formula is C128H127BN4. The van der Waals surface area contributed by atoms with E-state index in [4.69, 9.17) is 0 Å². The van der Waals surface area contributed by atoms with E-state index in [1.807, 2.05) is 24.3 Å². The van der Waals surface area contributed by atoms with E-state index in [1.54, 1.807) is 9.13 Å². The van der Waals surface area contributed by atoms with E-state index in [0.29, 0.717) is 34.1 Å². The Morgan fingerprint density at radius 1 is 0.211 bits per heavy atom. The minimum atomic E-state index is -0.882. The van der Waals surface area contributed by atoms with Gasteiger partial charge in [-0.25, -0.2) is 0 Å². The summed E-state index contributed by atoms with van der Waals surface area (Å²) in [6.07, 6.45) is 0. The Bertz CT molecular complexity index is 8110. The van der Waals surface area contributed by atoms with Crippen molar-refractivity contribution in [1.29, 1.82) is 0 Å². The number of fused-ring (bicyclic) bond motifs is 10. The van der Waals surface area contributed by atoms with Crippen LogP contribution in [0.1, 0.15) is 233 Å². The maximum Gasteiger partial charge on any atom is 0.252 e. The van der Waals surface area contributed by atoms with Gasteiger partial charge in [0.05, 0.1) is 55.4 Å². The molecule has 0 aliphatic carbocycles. The third-order valence-corrected chi connectivity index (χ3v) is 27.6. The van der Waals surface area contributed by atoms with E-state index in [1.165, 1.54) is 0 Å². The molecule has 20 rings (SSSR count). The number of aromatic nitrogens is 2. The number of hydrogen-bond acceptors (Lipinski definition) is 2. The molecule has 0 amide bonds. The summed E-state index contributed by atoms with van der Waals surface area (Å²) in [5.74, 6) is 0. The van der Waals surface area contributed by atoms with E-state index in [2.05, 4.69) is 388 Å². The second kappa shape index (κ2) is 31.8. The van der Waals surface area contributed by atoms with Gasteiger partial charge in [0.1, 0.15) is 0 Å². The van der Waals surface area contributed by atoms with Crippen molar-refractivity contribution >= 4 is 101 Å². The average Bonchev–Trinajstić information content (AvgIpc) is 1.63. The molecule has 0 saturated heterocycles. The van der Waals surface area contributed by atoms with Gasteiger partial charge in [0.15, 0.2) is 0 Å². The minimum absolute atomic E-state index is 0.0621. The lowest BCUT2D eigenvalue weighted by atomic mass is 9.33. The summed E-state index contributed by atoms with van der Waals surface area (Å²) in [5.41, 5.74) is 24.9. The number of benzene rings is 16. The number of rotatable bonds is 11. The quantitative estimate of drug-likeness (QED) is 0.120. The van der Waals surface area contributed by atoms with E-state index in [0.717, 1.165) is 150 Å². The molecule has 0 spiro atoms. The lowest BCUT2D eigenvalue weighted by molar-refractivity contribution is 0.569. The average molecular weight is 1750 g/mol. The summed E-state index contributed by atoms with van der Waals surface area (Å²) in [6.45, 7) is 52.9. The molecule has 2 aliphatic rings. The molecule has 133 heavy (non-hydrogen) atoms. The van der Waals surface area contributed by atoms with Crippen LogP contribution in [0.4, 0.5) is 34.1 Å². The van der Waals surface area contributed by atoms with Crippen LogP contribution in [0.25, 0.3) is 133 Å². The maximum absolute atomic E-state index is 10.3. The van der Waals surface area contributed by atoms with Crippen LogP contribution in [0.2, 0.25) is 0 Å². The maximum atomic E-state index is 10.3. The van der Waals surface area contributed by atoms with Crippen LogP contribution in [0.3, 0.4) is 0 Å². The van der Waals surface area contributed by atoms with Crippen LogP contribution < -0.4 is 26.2 Å². The standard InChI is InChI=1S/C128H127BN4/c1-121(2,3)90-47-35-41-82(65-90)80-39-33-43-84(63-80)104-74-96(127(19,20)21)76-106(86-45-37-49-92(67-86)123(7,8)9)119(104)132-114-78-98(130-110-55-29-25-51-100(110)101-52-26-30-56-111(101)130)59-61-108(114)129-109-62-60-99(131-112-57-31-27-53-102(112)103-54-28-32-58-113(103)131)79-115(109)133(117-72-89(71-116(132)118(117)129)88-69-94(125(13,14)15)73-95(70-88)126(16,17)18)120-105(85-44-34-40-81(64-85)83-42-36-48-91(66-83)122(4,5)6)75-97(128(22,23)24)77-107(120)87-46-38-50-93(68-87)124(10,11)12/h25-79H,1-24H3/i25D,26D,27D,28D,29D,30D,31D,32D,51D,52D,53D,54D,55D,56D,57D,58D. The zero-order valence-corrected chi connectivity index (χ0v) is 81.4. The molecule has 0 unspecified atom stereocenters. The molecule has 0 N–H and O–H groups in total. The van der Waals surface area contributed by atoms with Crippen LogP contribution in [-0.4, -0.2) is 15.8 Å². The first-order valence-corrected chi connectivity index (χ1v) is 46.9. The van der Waals surface area contributed by atoms with Crippen molar-refractivity contribution in [3.63, 3.8) is 0 Å². The van der Waals surface area contributed by atoms with Crippen LogP contribution >= 0.6 is 0 Å². The molecule has 0 atom stereocenters. The van der Waals surface area contributed by atoms with Gasteiger partial charge in [0, 0.05) is 77.9 Å². The highest BCUT2D eigenvalue weighted by Gasteiger charge is 2.47. The summed E-state index contributed by atoms with van der Waals surface area (Å²) in [6, 6.07) is 77.9. The Balaban J connectivity index is 1.07. The summed E-state index contributed by atoms with van der Waals surface area (Å²) < 4.78 is 160. The first-order chi connectivity index (χ1) is 69.6. The van der Waals surface area contributed by atoms with E-state index in [9.17, 15) is 21.9 Å². The van der Waals surface area contributed by atoms with Crippen molar-refractivity contribution in [2.45, 2.75) is 209 Å². The molecule has 0 saturated carbocycles. The van der Waals surface area contributed by atoms with Crippen molar-refractivity contribution in [3.05, 3.63) is 378 Å². The topological polar surface area (TPSA) is 16.3 Å². The molecular weight excluding hydrogens is 1600 g/mol. The minimum Gasteiger partial charge on any atom is -0.310 e. The number of anilines is 6. The fourth-order valence-corrected chi connectivity index (χ4v) is 19.8. The Hall–Kier alpha value is -13.2. The summed E-state index contributed by atoms with van der Waals surface area (Å²) in [5, 5.41) is -0.331. The van der Waals surface area contributed by atoms with E-state index < -0.39 is 125 Å². The van der Waals surface area contributed by atoms with Crippen LogP contribution in [-0.2, 0) is 43.3 Å². The van der Waals surface area contributed by atoms with Crippen LogP contribution in [0.15, 0.2) is 333 Å². The van der Waals surface area contributed by atoms with Gasteiger partial charge < -0.3 is 18.9 Å². The van der Waals surface area contributed by atoms with Gasteiger partial charge in [-0.05, 0) is 257 Å². The van der Waals surface area contributed by atoms with Gasteiger partial charge in [-0.2, -0.15) is 0 Å². The van der Waals surface area contributed by atoms with Gasteiger partial charge >= 0.3 is 0 Å². The zero-order valence-electron chi connectivity index (χ0n) is 97.4. The highest BCUT2D eigenvalue weighted by atomic mass is 15.2. The van der Waals surface area contributed by atoms with E-state index >= 15 is 0 Å². The molecule has 662 valence electrons. The summed E-state index contributed by atoms with van der Waals surface area (Å²) in [7, 11) is 0. The van der Waals surface area contributed by atoms with Gasteiger partial charge in [-0.3, -0.25) is 0 Å². The fourth-order valence-electron chi connectivity index (χ4n) is 19.8. The smallest absolute Gasteiger partial charge is 0.252 e. The molecule has 0 bridgehead atoms. The first-order valence-electron chi connectivity index (χ1n) is 54.9. The highest BCUT2D eigenvalue weighted by Crippen LogP contribution is 2.58. The Labute approximate surface area is 813 Å². The number of para-hydroxylation sites is 4. The van der Waals surface area contributed by atoms with Gasteiger partial charge in [-0.15, -0.1) is 0 Å². The number of nitrogens with zero attached hydrogens (tertiary/aromatic N) is 4. The van der Waals surface area contributed by atoms with Crippen molar-refractivity contribution in [3.8, 4) is 89.3 Å². The molecule has 16 aromatic carbocycles. The fraction of sp³-hybridized carbons (Fsp3) is 0.250. The van der Waals surface area contributed by atoms with Gasteiger partial charge in [-0.1, -0.05) is 402 Å². The molecule has 5 heteroatoms. The van der Waals surface area contributed by atoms with Crippen molar-refractivity contribution in [1.82, 2.24) is 9.13 Å². The third-order valence-electron chi connectivity index (χ3n) is 27.6. The largest absolute Gasteiger partial charge is 0.310 e. The molecule has 4 heterocycles. The second-order valence-electron chi connectivity index (χ2n) is 45.2. The Morgan fingerprint density at radius 2 is 0.451 bits per heavy atom. The highest BCUT2D eigenvalue weighted by molar-refractivity contribution is 7.00. The lowest BCUT2D eigenvalue weighted by Crippen LogP contribution is -2.61. The van der Waals surface area contributed by atoms with Gasteiger partial charge in [0.25, 0.3) is 6.71 Å². The van der Waals surface area contributed by atoms with Crippen molar-refractivity contribution in [2.24, 2.45) is 0 Å². The summed E-state index contributed by atoms with van der Waals surface area (Å²) in [4.78, 5) is 4.87. The molecule has 2 aromatic heterocycles. The van der Waals surface area contributed by atoms with Crippen molar-refractivity contribution < 1.29 is 21.9 Å². The predicted octanol–water partition coefficient (Wildman–Crippen LogP) is 34.0. The Kier molecular flexibility index (Phi) is 16.8. The lowest BCUT2D eigenvalue weighted by Gasteiger charge is -2.46. The first kappa shape index (κ1) is 70.5. The molecule has 18 aromatic rings. The number of hydrogen-bond donors (Lipinski definition) is 0. The Morgan fingerprint density at radius 3 is 0.752 bits per heavy atom. The molecule has 4 nitrogen and oxygen atoms in total. The van der Waals surface area contributed by atoms with Crippen LogP contribution in [0, 0.1) is 0 Å². The predicted molar refractivity (Wildman–Crippen MR) is 577 cm³/mol. The third kappa shape index (κ3) is 15.7. The SMILES string of the molecule is [2H]c1c([2H])c([2H])c2c(c1[2H])c1c([2H])c([2H])c([2H])c([2H])c1n2-c1ccc2c(c1)N(c1c(-c3cccc(-c4cccc(C(C)(C)C)c4)c3)cc(C(C)(C)C)cc1-c1cccc(C(C)(C)C)c1)c1cc(-c3cc(C(C)(C)C)cc(C(C)(C)C)c3)cc3c1B2c1ccc(-n2c4c([2H])c([2H])c([2H])c([2H])c4c4c([2H])c([2H])c([2H])c([2H])c42)cc1N3c1c(-c2cccc(-c3cccc(C(C)(C)C)c3)c2)cc(C(C)(C)C)cc1-c1cccc(C(C)(C)C)c1. The summed E-state index contributed by atoms with van der Waals surface area (Å²) >= 11 is 0. The normalized spacial score (nSPS) is 15.1. The zero-order chi connectivity index (χ0) is 107. The second-order valence-corrected chi connectivity index (χ2v) is 45.2. The molecule has 0 radical (unpaired) electrons. The molecule has 0 fully saturated rings. The molecule has 2 aliphatic heterocycles. The van der Waals surface area contributed by atoms with Crippen molar-refractivity contribution in [2.75, 3.05) is 9.80 Å². The van der Waals surface area contributed by atoms with E-state index in [-0.39, 0.29) is 65.3 Å². The van der Waals surface area contributed by atoms with Gasteiger partial charge in [0.2, 0.25) is 0 Å². The monoisotopic (exact) mass is 1750 g/mol. The van der Waals surface area contributed by atoms with Crippen LogP contribution in [0.5, 0.6) is 0 Å².